The highest BCUT2D eigenvalue weighted by molar-refractivity contribution is 6.11. The van der Waals surface area contributed by atoms with Gasteiger partial charge in [0.15, 0.2) is 0 Å². The number of aromatic nitrogens is 3. The van der Waals surface area contributed by atoms with E-state index in [1.165, 1.54) is 54.9 Å². The first-order valence-electron chi connectivity index (χ1n) is 17.6. The zero-order valence-electron chi connectivity index (χ0n) is 27.8. The van der Waals surface area contributed by atoms with Gasteiger partial charge < -0.3 is 14.0 Å². The van der Waals surface area contributed by atoms with Crippen LogP contribution in [-0.2, 0) is 0 Å². The maximum absolute atomic E-state index is 5.42. The van der Waals surface area contributed by atoms with Crippen LogP contribution in [-0.4, -0.2) is 20.2 Å². The highest BCUT2D eigenvalue weighted by atomic mass is 15.2. The summed E-state index contributed by atoms with van der Waals surface area (Å²) in [4.78, 5) is 7.87. The molecule has 1 aliphatic heterocycles. The molecule has 6 aromatic carbocycles. The molecule has 9 aromatic rings. The topological polar surface area (TPSA) is 26.0 Å². The van der Waals surface area contributed by atoms with Crippen molar-refractivity contribution in [3.8, 4) is 22.6 Å². The van der Waals surface area contributed by atoms with Gasteiger partial charge in [0.2, 0.25) is 0 Å². The van der Waals surface area contributed by atoms with Gasteiger partial charge >= 0.3 is 0 Å². The molecule has 0 N–H and O–H groups in total. The third-order valence-corrected chi connectivity index (χ3v) is 10.8. The molecular formula is C47H32N4. The van der Waals surface area contributed by atoms with E-state index in [9.17, 15) is 0 Å². The number of para-hydroxylation sites is 4. The summed E-state index contributed by atoms with van der Waals surface area (Å²) in [6.45, 7) is 0. The summed E-state index contributed by atoms with van der Waals surface area (Å²) in [5.41, 5.74) is 11.7. The smallest absolute Gasteiger partial charge is 0.134 e. The van der Waals surface area contributed by atoms with Gasteiger partial charge in [0.25, 0.3) is 0 Å². The van der Waals surface area contributed by atoms with Gasteiger partial charge in [-0.05, 0) is 72.3 Å². The molecule has 0 spiro atoms. The number of benzene rings is 6. The lowest BCUT2D eigenvalue weighted by atomic mass is 9.90. The molecule has 240 valence electrons. The average Bonchev–Trinajstić information content (AvgIpc) is 3.83. The number of pyridine rings is 1. The summed E-state index contributed by atoms with van der Waals surface area (Å²) in [6.07, 6.45) is 9.05. The van der Waals surface area contributed by atoms with Gasteiger partial charge in [0.05, 0.1) is 33.8 Å². The van der Waals surface area contributed by atoms with Crippen LogP contribution in [0.1, 0.15) is 11.5 Å². The Hall–Kier alpha value is -6.65. The van der Waals surface area contributed by atoms with Gasteiger partial charge in [0, 0.05) is 50.1 Å². The lowest BCUT2D eigenvalue weighted by Gasteiger charge is -2.28. The number of nitrogens with zero attached hydrogens (tertiary/aromatic N) is 4. The normalized spacial score (nSPS) is 16.4. The zero-order chi connectivity index (χ0) is 33.5. The van der Waals surface area contributed by atoms with Crippen LogP contribution >= 0.6 is 0 Å². The summed E-state index contributed by atoms with van der Waals surface area (Å²) < 4.78 is 4.77. The maximum Gasteiger partial charge on any atom is 0.134 e. The Balaban J connectivity index is 1.08. The van der Waals surface area contributed by atoms with Gasteiger partial charge in [-0.2, -0.15) is 0 Å². The summed E-state index contributed by atoms with van der Waals surface area (Å²) in [7, 11) is 0. The van der Waals surface area contributed by atoms with E-state index in [-0.39, 0.29) is 12.0 Å². The summed E-state index contributed by atoms with van der Waals surface area (Å²) in [6, 6.07) is 57.0. The van der Waals surface area contributed by atoms with Crippen molar-refractivity contribution in [2.45, 2.75) is 12.0 Å². The van der Waals surface area contributed by atoms with Crippen molar-refractivity contribution in [3.63, 3.8) is 0 Å². The summed E-state index contributed by atoms with van der Waals surface area (Å²) in [5.74, 6) is 1.18. The number of anilines is 2. The Bertz CT molecular complexity index is 2840. The minimum atomic E-state index is 0.139. The maximum atomic E-state index is 5.42. The van der Waals surface area contributed by atoms with Gasteiger partial charge in [-0.15, -0.1) is 0 Å². The fraction of sp³-hybridized carbons (Fsp3) is 0.0426. The standard InChI is InChI=1S/C47H32N4/c1-2-15-32(16-3-1)49-43-25-10-6-20-36(43)38-29-39-37-21-7-11-26-44(37)51(46(39)30-45(38)49)47-27-13-22-40(48-47)31-14-12-17-33(28-31)50-41-23-8-4-18-34(41)35-19-5-9-24-42(35)50/h1-30,37,44H. The fourth-order valence-corrected chi connectivity index (χ4v) is 8.64. The second-order valence-corrected chi connectivity index (χ2v) is 13.6. The Morgan fingerprint density at radius 1 is 0.451 bits per heavy atom. The molecule has 4 nitrogen and oxygen atoms in total. The molecule has 0 saturated heterocycles. The van der Waals surface area contributed by atoms with Crippen molar-refractivity contribution in [1.29, 1.82) is 0 Å². The first kappa shape index (κ1) is 28.2. The van der Waals surface area contributed by atoms with E-state index in [0.717, 1.165) is 28.5 Å². The van der Waals surface area contributed by atoms with Crippen LogP contribution in [0, 0.1) is 0 Å². The van der Waals surface area contributed by atoms with Crippen LogP contribution in [0.4, 0.5) is 11.5 Å². The monoisotopic (exact) mass is 652 g/mol. The largest absolute Gasteiger partial charge is 0.318 e. The molecule has 0 fully saturated rings. The lowest BCUT2D eigenvalue weighted by Crippen LogP contribution is -2.29. The van der Waals surface area contributed by atoms with Crippen molar-refractivity contribution in [2.24, 2.45) is 0 Å². The van der Waals surface area contributed by atoms with E-state index in [0.29, 0.717) is 0 Å². The van der Waals surface area contributed by atoms with Crippen molar-refractivity contribution < 1.29 is 0 Å². The van der Waals surface area contributed by atoms with Crippen LogP contribution in [0.15, 0.2) is 182 Å². The van der Waals surface area contributed by atoms with Crippen LogP contribution < -0.4 is 4.90 Å². The molecule has 0 amide bonds. The number of allylic oxidation sites excluding steroid dienone is 2. The Morgan fingerprint density at radius 2 is 1.06 bits per heavy atom. The molecule has 2 unspecified atom stereocenters. The first-order valence-corrected chi connectivity index (χ1v) is 17.6. The molecule has 0 bridgehead atoms. The molecule has 2 aliphatic rings. The predicted octanol–water partition coefficient (Wildman–Crippen LogP) is 11.7. The minimum Gasteiger partial charge on any atom is -0.318 e. The van der Waals surface area contributed by atoms with Crippen LogP contribution in [0.25, 0.3) is 66.2 Å². The Morgan fingerprint density at radius 3 is 1.80 bits per heavy atom. The van der Waals surface area contributed by atoms with E-state index >= 15 is 0 Å². The fourth-order valence-electron chi connectivity index (χ4n) is 8.64. The molecule has 4 heterocycles. The summed E-state index contributed by atoms with van der Waals surface area (Å²) in [5, 5.41) is 5.07. The molecule has 0 saturated carbocycles. The van der Waals surface area contributed by atoms with Crippen molar-refractivity contribution in [2.75, 3.05) is 4.90 Å². The molecule has 0 radical (unpaired) electrons. The van der Waals surface area contributed by atoms with Crippen molar-refractivity contribution in [1.82, 2.24) is 14.1 Å². The van der Waals surface area contributed by atoms with E-state index in [2.05, 4.69) is 196 Å². The lowest BCUT2D eigenvalue weighted by molar-refractivity contribution is 0.738. The van der Waals surface area contributed by atoms with Gasteiger partial charge in [0.1, 0.15) is 5.82 Å². The van der Waals surface area contributed by atoms with E-state index in [1.807, 2.05) is 0 Å². The average molecular weight is 653 g/mol. The number of rotatable bonds is 4. The second-order valence-electron chi connectivity index (χ2n) is 13.6. The third-order valence-electron chi connectivity index (χ3n) is 10.8. The first-order chi connectivity index (χ1) is 25.3. The number of hydrogen-bond acceptors (Lipinski definition) is 2. The highest BCUT2D eigenvalue weighted by Gasteiger charge is 2.39. The summed E-state index contributed by atoms with van der Waals surface area (Å²) >= 11 is 0. The van der Waals surface area contributed by atoms with Gasteiger partial charge in [-0.1, -0.05) is 115 Å². The van der Waals surface area contributed by atoms with E-state index < -0.39 is 0 Å². The molecule has 51 heavy (non-hydrogen) atoms. The van der Waals surface area contributed by atoms with Crippen LogP contribution in [0.2, 0.25) is 0 Å². The molecule has 2 atom stereocenters. The zero-order valence-corrected chi connectivity index (χ0v) is 27.8. The molecule has 3 aromatic heterocycles. The molecule has 4 heteroatoms. The van der Waals surface area contributed by atoms with Crippen molar-refractivity contribution >= 4 is 55.1 Å². The Kier molecular flexibility index (Phi) is 6.05. The third kappa shape index (κ3) is 4.17. The Labute approximate surface area is 295 Å². The van der Waals surface area contributed by atoms with Crippen LogP contribution in [0.3, 0.4) is 0 Å². The highest BCUT2D eigenvalue weighted by Crippen LogP contribution is 2.50. The van der Waals surface area contributed by atoms with Crippen LogP contribution in [0.5, 0.6) is 0 Å². The van der Waals surface area contributed by atoms with Gasteiger partial charge in [-0.3, -0.25) is 0 Å². The number of fused-ring (bicyclic) bond motifs is 9. The van der Waals surface area contributed by atoms with Gasteiger partial charge in [-0.25, -0.2) is 4.98 Å². The van der Waals surface area contributed by atoms with Crippen molar-refractivity contribution in [3.05, 3.63) is 188 Å². The van der Waals surface area contributed by atoms with E-state index in [1.54, 1.807) is 0 Å². The number of hydrogen-bond donors (Lipinski definition) is 0. The molecular weight excluding hydrogens is 621 g/mol. The van der Waals surface area contributed by atoms with E-state index in [4.69, 9.17) is 4.98 Å². The second kappa shape index (κ2) is 10.9. The molecule has 1 aliphatic carbocycles. The molecule has 11 rings (SSSR count). The quantitative estimate of drug-likeness (QED) is 0.189. The predicted molar refractivity (Wildman–Crippen MR) is 212 cm³/mol. The SMILES string of the molecule is C1=CC2c3cc4c5ccccc5n(-c5ccccc5)c4cc3N(c3cccc(-c4cccc(-n5c6ccccc6c6ccccc65)c4)n3)C2C=C1. The minimum absolute atomic E-state index is 0.139.